The van der Waals surface area contributed by atoms with Gasteiger partial charge >= 0.3 is 0 Å². The van der Waals surface area contributed by atoms with E-state index in [2.05, 4.69) is 5.32 Å². The van der Waals surface area contributed by atoms with Crippen molar-refractivity contribution in [2.45, 2.75) is 0 Å². The van der Waals surface area contributed by atoms with Gasteiger partial charge in [0.25, 0.3) is 5.91 Å². The van der Waals surface area contributed by atoms with Gasteiger partial charge in [0.2, 0.25) is 0 Å². The molecule has 0 saturated carbocycles. The maximum atomic E-state index is 12.9. The fourth-order valence-electron chi connectivity index (χ4n) is 1.34. The molecule has 3 nitrogen and oxygen atoms in total. The van der Waals surface area contributed by atoms with Gasteiger partial charge in [0.15, 0.2) is 0 Å². The number of nitriles is 1. The summed E-state index contributed by atoms with van der Waals surface area (Å²) in [6.07, 6.45) is 0. The van der Waals surface area contributed by atoms with Crippen molar-refractivity contribution < 1.29 is 9.18 Å². The Hall–Kier alpha value is -1.90. The van der Waals surface area contributed by atoms with E-state index in [1.807, 2.05) is 6.07 Å². The Kier molecular flexibility index (Phi) is 3.60. The van der Waals surface area contributed by atoms with E-state index in [0.29, 0.717) is 9.21 Å². The van der Waals surface area contributed by atoms with Crippen molar-refractivity contribution in [2.75, 3.05) is 5.32 Å². The predicted molar refractivity (Wildman–Crippen MR) is 68.4 cm³/mol. The Labute approximate surface area is 111 Å². The molecule has 0 atom stereocenters. The normalized spacial score (nSPS) is 9.83. The molecule has 0 aliphatic rings. The molecule has 1 amide bonds. The lowest BCUT2D eigenvalue weighted by Gasteiger charge is -2.05. The van der Waals surface area contributed by atoms with Crippen LogP contribution in [0.25, 0.3) is 0 Å². The van der Waals surface area contributed by atoms with Crippen molar-refractivity contribution in [1.82, 2.24) is 0 Å². The average Bonchev–Trinajstić information content (AvgIpc) is 2.78. The van der Waals surface area contributed by atoms with Crippen molar-refractivity contribution >= 4 is 34.5 Å². The van der Waals surface area contributed by atoms with Crippen LogP contribution >= 0.6 is 22.9 Å². The smallest absolute Gasteiger partial charge is 0.265 e. The molecular formula is C12H6ClFN2OS. The van der Waals surface area contributed by atoms with Crippen molar-refractivity contribution in [3.8, 4) is 6.07 Å². The SMILES string of the molecule is N#Cc1cc(F)ccc1NC(=O)c1ccc(Cl)s1. The molecule has 2 rings (SSSR count). The molecule has 0 radical (unpaired) electrons. The number of halogens is 2. The summed E-state index contributed by atoms with van der Waals surface area (Å²) in [7, 11) is 0. The molecule has 90 valence electrons. The third-order valence-electron chi connectivity index (χ3n) is 2.15. The molecule has 0 fully saturated rings. The number of nitrogens with zero attached hydrogens (tertiary/aromatic N) is 1. The van der Waals surface area contributed by atoms with Crippen LogP contribution in [0.2, 0.25) is 4.34 Å². The highest BCUT2D eigenvalue weighted by molar-refractivity contribution is 7.18. The Morgan fingerprint density at radius 1 is 1.39 bits per heavy atom. The van der Waals surface area contributed by atoms with Crippen molar-refractivity contribution in [3.63, 3.8) is 0 Å². The molecule has 0 aliphatic carbocycles. The molecule has 18 heavy (non-hydrogen) atoms. The number of rotatable bonds is 2. The highest BCUT2D eigenvalue weighted by Crippen LogP contribution is 2.23. The van der Waals surface area contributed by atoms with Gasteiger partial charge in [-0.25, -0.2) is 4.39 Å². The third-order valence-corrected chi connectivity index (χ3v) is 3.38. The largest absolute Gasteiger partial charge is 0.320 e. The fraction of sp³-hybridized carbons (Fsp3) is 0. The number of hydrogen-bond donors (Lipinski definition) is 1. The summed E-state index contributed by atoms with van der Waals surface area (Å²) < 4.78 is 13.4. The van der Waals surface area contributed by atoms with Gasteiger partial charge in [-0.05, 0) is 30.3 Å². The number of benzene rings is 1. The lowest BCUT2D eigenvalue weighted by Crippen LogP contribution is -2.11. The molecule has 1 N–H and O–H groups in total. The van der Waals surface area contributed by atoms with Gasteiger partial charge in [0.05, 0.1) is 20.5 Å². The first-order valence-electron chi connectivity index (χ1n) is 4.86. The van der Waals surface area contributed by atoms with Crippen LogP contribution < -0.4 is 5.32 Å². The summed E-state index contributed by atoms with van der Waals surface area (Å²) in [6.45, 7) is 0. The second kappa shape index (κ2) is 5.17. The zero-order valence-electron chi connectivity index (χ0n) is 8.91. The molecule has 6 heteroatoms. The van der Waals surface area contributed by atoms with Gasteiger partial charge in [0, 0.05) is 0 Å². The molecule has 1 heterocycles. The lowest BCUT2D eigenvalue weighted by atomic mass is 10.2. The Morgan fingerprint density at radius 2 is 2.17 bits per heavy atom. The zero-order valence-corrected chi connectivity index (χ0v) is 10.5. The average molecular weight is 281 g/mol. The number of anilines is 1. The first-order chi connectivity index (χ1) is 8.60. The minimum Gasteiger partial charge on any atom is -0.320 e. The summed E-state index contributed by atoms with van der Waals surface area (Å²) in [4.78, 5) is 12.2. The van der Waals surface area contributed by atoms with Crippen LogP contribution in [0.15, 0.2) is 30.3 Å². The Morgan fingerprint density at radius 3 is 2.78 bits per heavy atom. The summed E-state index contributed by atoms with van der Waals surface area (Å²) in [5, 5.41) is 11.4. The first kappa shape index (κ1) is 12.6. The van der Waals surface area contributed by atoms with Gasteiger partial charge in [-0.15, -0.1) is 11.3 Å². The van der Waals surface area contributed by atoms with Crippen LogP contribution in [-0.4, -0.2) is 5.91 Å². The summed E-state index contributed by atoms with van der Waals surface area (Å²) in [5.41, 5.74) is 0.347. The van der Waals surface area contributed by atoms with Crippen molar-refractivity contribution in [2.24, 2.45) is 0 Å². The van der Waals surface area contributed by atoms with Gasteiger partial charge < -0.3 is 5.32 Å². The molecule has 0 unspecified atom stereocenters. The van der Waals surface area contributed by atoms with E-state index in [9.17, 15) is 9.18 Å². The molecule has 1 aromatic carbocycles. The predicted octanol–water partition coefficient (Wildman–Crippen LogP) is 3.66. The van der Waals surface area contributed by atoms with Crippen LogP contribution in [0, 0.1) is 17.1 Å². The Balaban J connectivity index is 2.25. The monoisotopic (exact) mass is 280 g/mol. The molecular weight excluding hydrogens is 275 g/mol. The molecule has 0 bridgehead atoms. The van der Waals surface area contributed by atoms with E-state index in [0.717, 1.165) is 17.4 Å². The number of thiophene rings is 1. The topological polar surface area (TPSA) is 52.9 Å². The molecule has 0 saturated heterocycles. The van der Waals surface area contributed by atoms with E-state index in [4.69, 9.17) is 16.9 Å². The van der Waals surface area contributed by atoms with E-state index < -0.39 is 5.82 Å². The van der Waals surface area contributed by atoms with Crippen molar-refractivity contribution in [3.05, 3.63) is 50.9 Å². The Bertz CT molecular complexity index is 648. The second-order valence-electron chi connectivity index (χ2n) is 3.36. The summed E-state index contributed by atoms with van der Waals surface area (Å²) >= 11 is 6.85. The zero-order chi connectivity index (χ0) is 13.1. The lowest BCUT2D eigenvalue weighted by molar-refractivity contribution is 0.103. The summed E-state index contributed by atoms with van der Waals surface area (Å²) in [5.74, 6) is -0.904. The maximum Gasteiger partial charge on any atom is 0.265 e. The van der Waals surface area contributed by atoms with E-state index in [1.165, 1.54) is 12.1 Å². The molecule has 2 aromatic rings. The number of nitrogens with one attached hydrogen (secondary N) is 1. The van der Waals surface area contributed by atoms with Gasteiger partial charge in [0.1, 0.15) is 11.9 Å². The summed E-state index contributed by atoms with van der Waals surface area (Å²) in [6, 6.07) is 8.60. The van der Waals surface area contributed by atoms with Crippen LogP contribution in [0.1, 0.15) is 15.2 Å². The number of amides is 1. The second-order valence-corrected chi connectivity index (χ2v) is 5.07. The van der Waals surface area contributed by atoms with E-state index in [-0.39, 0.29) is 17.2 Å². The van der Waals surface area contributed by atoms with Crippen LogP contribution in [0.3, 0.4) is 0 Å². The first-order valence-corrected chi connectivity index (χ1v) is 6.06. The minimum absolute atomic E-state index is 0.0750. The number of carbonyl (C=O) groups is 1. The van der Waals surface area contributed by atoms with Gasteiger partial charge in [-0.1, -0.05) is 11.6 Å². The molecule has 0 spiro atoms. The maximum absolute atomic E-state index is 12.9. The molecule has 1 aromatic heterocycles. The quantitative estimate of drug-likeness (QED) is 0.912. The van der Waals surface area contributed by atoms with Crippen LogP contribution in [0.4, 0.5) is 10.1 Å². The van der Waals surface area contributed by atoms with Crippen molar-refractivity contribution in [1.29, 1.82) is 5.26 Å². The number of hydrogen-bond acceptors (Lipinski definition) is 3. The van der Waals surface area contributed by atoms with E-state index >= 15 is 0 Å². The number of carbonyl (C=O) groups excluding carboxylic acids is 1. The highest BCUT2D eigenvalue weighted by Gasteiger charge is 2.11. The molecule has 0 aliphatic heterocycles. The standard InChI is InChI=1S/C12H6ClFN2OS/c13-11-4-3-10(18-11)12(17)16-9-2-1-8(14)5-7(9)6-15/h1-5H,(H,16,17). The minimum atomic E-state index is -0.524. The fourth-order valence-corrected chi connectivity index (χ4v) is 2.28. The third kappa shape index (κ3) is 2.67. The van der Waals surface area contributed by atoms with E-state index in [1.54, 1.807) is 12.1 Å². The highest BCUT2D eigenvalue weighted by atomic mass is 35.5. The van der Waals surface area contributed by atoms with Gasteiger partial charge in [-0.3, -0.25) is 4.79 Å². The van der Waals surface area contributed by atoms with Crippen LogP contribution in [-0.2, 0) is 0 Å². The van der Waals surface area contributed by atoms with Gasteiger partial charge in [-0.2, -0.15) is 5.26 Å². The van der Waals surface area contributed by atoms with Crippen LogP contribution in [0.5, 0.6) is 0 Å².